The Kier molecular flexibility index (Phi) is 5.59. The van der Waals surface area contributed by atoms with Crippen molar-refractivity contribution in [2.75, 3.05) is 27.1 Å². The van der Waals surface area contributed by atoms with Crippen LogP contribution in [-0.4, -0.2) is 60.6 Å². The number of thioether (sulfide) groups is 1. The Balaban J connectivity index is 1.69. The smallest absolute Gasteiger partial charge is 0.269 e. The Labute approximate surface area is 167 Å². The maximum Gasteiger partial charge on any atom is 0.269 e. The molecule has 2 saturated heterocycles. The lowest BCUT2D eigenvalue weighted by Gasteiger charge is -2.29. The van der Waals surface area contributed by atoms with Crippen LogP contribution in [0.25, 0.3) is 0 Å². The van der Waals surface area contributed by atoms with E-state index in [0.717, 1.165) is 6.42 Å². The average molecular weight is 409 g/mol. The van der Waals surface area contributed by atoms with Crippen LogP contribution in [0.3, 0.4) is 0 Å². The van der Waals surface area contributed by atoms with Gasteiger partial charge < -0.3 is 19.1 Å². The van der Waals surface area contributed by atoms with Gasteiger partial charge in [-0.05, 0) is 25.5 Å². The molecule has 2 aliphatic rings. The molecule has 0 radical (unpaired) electrons. The highest BCUT2D eigenvalue weighted by Gasteiger charge is 2.52. The van der Waals surface area contributed by atoms with Crippen molar-refractivity contribution in [3.8, 4) is 17.2 Å². The van der Waals surface area contributed by atoms with Gasteiger partial charge in [-0.3, -0.25) is 25.2 Å². The third-order valence-corrected chi connectivity index (χ3v) is 6.48. The predicted molar refractivity (Wildman–Crippen MR) is 102 cm³/mol. The number of hydrogen-bond donors (Lipinski definition) is 2. The molecular weight excluding hydrogens is 386 g/mol. The topological polar surface area (TPSA) is 106 Å². The van der Waals surface area contributed by atoms with Crippen LogP contribution in [0.4, 0.5) is 0 Å². The lowest BCUT2D eigenvalue weighted by Crippen LogP contribution is -2.54. The van der Waals surface area contributed by atoms with Gasteiger partial charge in [-0.1, -0.05) is 0 Å². The van der Waals surface area contributed by atoms with Crippen molar-refractivity contribution < 1.29 is 28.6 Å². The summed E-state index contributed by atoms with van der Waals surface area (Å²) in [5.41, 5.74) is 5.02. The Morgan fingerprint density at radius 1 is 1.14 bits per heavy atom. The van der Waals surface area contributed by atoms with E-state index in [2.05, 4.69) is 10.9 Å². The summed E-state index contributed by atoms with van der Waals surface area (Å²) >= 11 is 1.58. The third kappa shape index (κ3) is 3.44. The van der Waals surface area contributed by atoms with Gasteiger partial charge in [0.2, 0.25) is 11.7 Å². The number of nitrogens with zero attached hydrogens (tertiary/aromatic N) is 1. The van der Waals surface area contributed by atoms with E-state index in [-0.39, 0.29) is 16.3 Å². The summed E-state index contributed by atoms with van der Waals surface area (Å²) in [6.07, 6.45) is 1.16. The normalized spacial score (nSPS) is 23.2. The zero-order chi connectivity index (χ0) is 20.5. The van der Waals surface area contributed by atoms with Gasteiger partial charge in [0.05, 0.1) is 26.2 Å². The molecule has 152 valence electrons. The third-order valence-electron chi connectivity index (χ3n) is 4.97. The maximum atomic E-state index is 12.6. The number of carbonyl (C=O) groups is 3. The minimum absolute atomic E-state index is 0.0383. The Bertz CT molecular complexity index is 792. The maximum absolute atomic E-state index is 12.6. The predicted octanol–water partition coefficient (Wildman–Crippen LogP) is 0.927. The molecule has 9 nitrogen and oxygen atoms in total. The molecule has 28 heavy (non-hydrogen) atoms. The van der Waals surface area contributed by atoms with E-state index < -0.39 is 17.9 Å². The van der Waals surface area contributed by atoms with Gasteiger partial charge >= 0.3 is 0 Å². The first-order valence-corrected chi connectivity index (χ1v) is 9.69. The van der Waals surface area contributed by atoms with E-state index >= 15 is 0 Å². The van der Waals surface area contributed by atoms with Crippen molar-refractivity contribution in [2.45, 2.75) is 30.7 Å². The van der Waals surface area contributed by atoms with Gasteiger partial charge in [0.15, 0.2) is 11.5 Å². The minimum Gasteiger partial charge on any atom is -0.493 e. The summed E-state index contributed by atoms with van der Waals surface area (Å²) in [5.74, 6) is 0.492. The zero-order valence-electron chi connectivity index (χ0n) is 16.2. The number of hydrazine groups is 1. The van der Waals surface area contributed by atoms with Gasteiger partial charge in [-0.15, -0.1) is 11.8 Å². The van der Waals surface area contributed by atoms with Crippen LogP contribution in [0.15, 0.2) is 12.1 Å². The van der Waals surface area contributed by atoms with E-state index in [4.69, 9.17) is 14.2 Å². The molecule has 3 rings (SSSR count). The second-order valence-corrected chi connectivity index (χ2v) is 8.12. The first-order valence-electron chi connectivity index (χ1n) is 8.71. The highest BCUT2D eigenvalue weighted by molar-refractivity contribution is 8.01. The van der Waals surface area contributed by atoms with Gasteiger partial charge in [0.1, 0.15) is 6.04 Å². The van der Waals surface area contributed by atoms with Crippen LogP contribution in [0.2, 0.25) is 0 Å². The van der Waals surface area contributed by atoms with Crippen molar-refractivity contribution in [3.63, 3.8) is 0 Å². The summed E-state index contributed by atoms with van der Waals surface area (Å²) in [6, 6.07) is 2.36. The Hall–Kier alpha value is -2.62. The number of benzene rings is 1. The van der Waals surface area contributed by atoms with E-state index in [1.807, 2.05) is 6.92 Å². The SMILES string of the molecule is COc1cc(C(=O)NNC(=O)[C@@H]2CS[C@]3(C)CCC(=O)N23)cc(OC)c1OC. The molecule has 0 unspecified atom stereocenters. The first kappa shape index (κ1) is 20.1. The molecule has 0 aliphatic carbocycles. The summed E-state index contributed by atoms with van der Waals surface area (Å²) in [4.78, 5) is 38.5. The largest absolute Gasteiger partial charge is 0.493 e. The zero-order valence-corrected chi connectivity index (χ0v) is 17.0. The van der Waals surface area contributed by atoms with Gasteiger partial charge in [-0.25, -0.2) is 0 Å². The van der Waals surface area contributed by atoms with Crippen LogP contribution in [0.5, 0.6) is 17.2 Å². The number of methoxy groups -OCH3 is 3. The number of rotatable bonds is 5. The molecule has 2 atom stereocenters. The minimum atomic E-state index is -0.606. The van der Waals surface area contributed by atoms with Crippen molar-refractivity contribution in [2.24, 2.45) is 0 Å². The number of hydrogen-bond acceptors (Lipinski definition) is 7. The monoisotopic (exact) mass is 409 g/mol. The van der Waals surface area contributed by atoms with Crippen LogP contribution >= 0.6 is 11.8 Å². The molecule has 0 spiro atoms. The molecule has 0 saturated carbocycles. The Morgan fingerprint density at radius 2 is 1.79 bits per heavy atom. The van der Waals surface area contributed by atoms with Crippen molar-refractivity contribution in [3.05, 3.63) is 17.7 Å². The molecule has 3 amide bonds. The number of amides is 3. The summed E-state index contributed by atoms with van der Waals surface area (Å²) < 4.78 is 15.7. The number of ether oxygens (including phenoxy) is 3. The Morgan fingerprint density at radius 3 is 2.36 bits per heavy atom. The average Bonchev–Trinajstić information content (AvgIpc) is 3.20. The van der Waals surface area contributed by atoms with Gasteiger partial charge in [0.25, 0.3) is 11.8 Å². The van der Waals surface area contributed by atoms with Crippen LogP contribution in [-0.2, 0) is 9.59 Å². The molecule has 2 N–H and O–H groups in total. The fraction of sp³-hybridized carbons (Fsp3) is 0.500. The molecule has 2 fully saturated rings. The summed E-state index contributed by atoms with van der Waals surface area (Å²) in [5, 5.41) is 0. The lowest BCUT2D eigenvalue weighted by molar-refractivity contribution is -0.138. The van der Waals surface area contributed by atoms with Crippen LogP contribution < -0.4 is 25.1 Å². The highest BCUT2D eigenvalue weighted by Crippen LogP contribution is 2.47. The molecule has 2 aliphatic heterocycles. The summed E-state index contributed by atoms with van der Waals surface area (Å²) in [7, 11) is 4.36. The summed E-state index contributed by atoms with van der Waals surface area (Å²) in [6.45, 7) is 1.96. The van der Waals surface area contributed by atoms with Gasteiger partial charge in [-0.2, -0.15) is 0 Å². The standard InChI is InChI=1S/C18H23N3O6S/c1-18-6-5-14(22)21(18)11(9-28-18)17(24)20-19-16(23)10-7-12(25-2)15(27-4)13(8-10)26-3/h7-8,11H,5-6,9H2,1-4H3,(H,19,23)(H,20,24)/t11-,18+/m0/s1. The molecule has 10 heteroatoms. The molecule has 1 aromatic carbocycles. The second kappa shape index (κ2) is 7.78. The van der Waals surface area contributed by atoms with Crippen molar-refractivity contribution >= 4 is 29.5 Å². The fourth-order valence-corrected chi connectivity index (χ4v) is 4.93. The van der Waals surface area contributed by atoms with Crippen LogP contribution in [0, 0.1) is 0 Å². The molecule has 2 heterocycles. The molecule has 0 bridgehead atoms. The van der Waals surface area contributed by atoms with E-state index in [9.17, 15) is 14.4 Å². The number of fused-ring (bicyclic) bond motifs is 1. The number of carbonyl (C=O) groups excluding carboxylic acids is 3. The van der Waals surface area contributed by atoms with Crippen molar-refractivity contribution in [1.82, 2.24) is 15.8 Å². The first-order chi connectivity index (χ1) is 13.3. The van der Waals surface area contributed by atoms with E-state index in [1.54, 1.807) is 16.7 Å². The highest BCUT2D eigenvalue weighted by atomic mass is 32.2. The lowest BCUT2D eigenvalue weighted by atomic mass is 10.1. The fourth-order valence-electron chi connectivity index (χ4n) is 3.50. The number of nitrogens with one attached hydrogen (secondary N) is 2. The van der Waals surface area contributed by atoms with Crippen molar-refractivity contribution in [1.29, 1.82) is 0 Å². The van der Waals surface area contributed by atoms with Gasteiger partial charge in [0, 0.05) is 17.7 Å². The second-order valence-electron chi connectivity index (χ2n) is 6.62. The molecule has 0 aromatic heterocycles. The molecular formula is C18H23N3O6S. The van der Waals surface area contributed by atoms with E-state index in [0.29, 0.717) is 29.4 Å². The van der Waals surface area contributed by atoms with E-state index in [1.165, 1.54) is 33.5 Å². The molecule has 1 aromatic rings. The van der Waals surface area contributed by atoms with Crippen LogP contribution in [0.1, 0.15) is 30.1 Å². The quantitative estimate of drug-likeness (QED) is 0.697.